The number of nitrogens with zero attached hydrogens (tertiary/aromatic N) is 3. The first-order valence-corrected chi connectivity index (χ1v) is 8.70. The molecule has 0 radical (unpaired) electrons. The highest BCUT2D eigenvalue weighted by Gasteiger charge is 2.45. The van der Waals surface area contributed by atoms with Gasteiger partial charge in [-0.3, -0.25) is 14.6 Å². The third kappa shape index (κ3) is 1.97. The summed E-state index contributed by atoms with van der Waals surface area (Å²) in [5, 5.41) is 11.1. The minimum atomic E-state index is -1.89. The van der Waals surface area contributed by atoms with Gasteiger partial charge in [0.1, 0.15) is 6.61 Å². The van der Waals surface area contributed by atoms with Gasteiger partial charge in [-0.1, -0.05) is 6.92 Å². The molecule has 1 atom stereocenters. The maximum Gasteiger partial charge on any atom is 0.343 e. The summed E-state index contributed by atoms with van der Waals surface area (Å²) < 4.78 is 6.52. The van der Waals surface area contributed by atoms with Crippen molar-refractivity contribution in [1.29, 1.82) is 0 Å². The Balaban J connectivity index is 1.82. The van der Waals surface area contributed by atoms with Crippen LogP contribution in [0.3, 0.4) is 0 Å². The first-order chi connectivity index (χ1) is 13.3. The van der Waals surface area contributed by atoms with Crippen molar-refractivity contribution in [2.45, 2.75) is 32.1 Å². The number of cyclic esters (lactones) is 1. The van der Waals surface area contributed by atoms with Crippen LogP contribution in [0.4, 0.5) is 5.95 Å². The van der Waals surface area contributed by atoms with Gasteiger partial charge in [0.05, 0.1) is 28.9 Å². The van der Waals surface area contributed by atoms with Crippen LogP contribution in [0, 0.1) is 0 Å². The summed E-state index contributed by atoms with van der Waals surface area (Å²) in [5.41, 5.74) is 5.13. The second-order valence-corrected chi connectivity index (χ2v) is 6.92. The number of pyridine rings is 2. The van der Waals surface area contributed by atoms with E-state index in [0.717, 1.165) is 0 Å². The Morgan fingerprint density at radius 2 is 2.11 bits per heavy atom. The van der Waals surface area contributed by atoms with Gasteiger partial charge in [0.2, 0.25) is 5.95 Å². The Morgan fingerprint density at radius 1 is 1.32 bits per heavy atom. The second kappa shape index (κ2) is 5.26. The first kappa shape index (κ1) is 16.6. The fourth-order valence-corrected chi connectivity index (χ4v) is 3.89. The number of aromatic nitrogens is 4. The van der Waals surface area contributed by atoms with Crippen LogP contribution in [-0.2, 0) is 28.3 Å². The molecule has 10 heteroatoms. The van der Waals surface area contributed by atoms with E-state index in [-0.39, 0.29) is 53.2 Å². The van der Waals surface area contributed by atoms with E-state index in [1.807, 2.05) is 0 Å². The zero-order valence-electron chi connectivity index (χ0n) is 14.8. The Morgan fingerprint density at radius 3 is 2.86 bits per heavy atom. The Labute approximate surface area is 156 Å². The summed E-state index contributed by atoms with van der Waals surface area (Å²) in [5.74, 6) is -0.841. The molecule has 0 aromatic carbocycles. The zero-order chi connectivity index (χ0) is 19.8. The number of rotatable bonds is 1. The van der Waals surface area contributed by atoms with E-state index in [1.165, 1.54) is 4.57 Å². The molecule has 3 aromatic heterocycles. The minimum Gasteiger partial charge on any atom is -0.458 e. The van der Waals surface area contributed by atoms with E-state index in [9.17, 15) is 19.5 Å². The molecule has 142 valence electrons. The van der Waals surface area contributed by atoms with Gasteiger partial charge < -0.3 is 20.1 Å². The number of carbonyl (C=O) groups excluding carboxylic acids is 1. The number of H-pyrrole nitrogens is 1. The van der Waals surface area contributed by atoms with Gasteiger partial charge in [0.25, 0.3) is 11.1 Å². The lowest BCUT2D eigenvalue weighted by Crippen LogP contribution is -2.44. The molecule has 1 unspecified atom stereocenters. The van der Waals surface area contributed by atoms with E-state index in [1.54, 1.807) is 19.1 Å². The lowest BCUT2D eigenvalue weighted by molar-refractivity contribution is -0.172. The van der Waals surface area contributed by atoms with Crippen molar-refractivity contribution in [3.8, 4) is 11.4 Å². The van der Waals surface area contributed by atoms with Gasteiger partial charge in [0.15, 0.2) is 11.2 Å². The molecule has 0 amide bonds. The molecule has 0 aliphatic carbocycles. The fourth-order valence-electron chi connectivity index (χ4n) is 3.89. The lowest BCUT2D eigenvalue weighted by Gasteiger charge is -2.31. The smallest absolute Gasteiger partial charge is 0.343 e. The number of nitrogens with two attached hydrogens (primary N) is 1. The maximum atomic E-state index is 13.0. The van der Waals surface area contributed by atoms with Crippen LogP contribution >= 0.6 is 0 Å². The number of nitrogens with one attached hydrogen (secondary N) is 1. The van der Waals surface area contributed by atoms with Crippen molar-refractivity contribution in [3.63, 3.8) is 0 Å². The summed E-state index contributed by atoms with van der Waals surface area (Å²) in [6.07, 6.45) is 0.0627. The molecule has 10 nitrogen and oxygen atoms in total. The highest BCUT2D eigenvalue weighted by atomic mass is 16.6. The molecule has 0 saturated carbocycles. The van der Waals surface area contributed by atoms with Crippen LogP contribution in [0.25, 0.3) is 22.4 Å². The highest BCUT2D eigenvalue weighted by Crippen LogP contribution is 2.38. The molecule has 0 bridgehead atoms. The van der Waals surface area contributed by atoms with Crippen LogP contribution in [0.5, 0.6) is 0 Å². The highest BCUT2D eigenvalue weighted by molar-refractivity contribution is 5.85. The molecule has 2 aliphatic rings. The number of fused-ring (bicyclic) bond motifs is 5. The number of carbonyl (C=O) groups is 1. The minimum absolute atomic E-state index is 0.0612. The van der Waals surface area contributed by atoms with E-state index in [0.29, 0.717) is 17.0 Å². The van der Waals surface area contributed by atoms with Gasteiger partial charge in [0, 0.05) is 11.1 Å². The lowest BCUT2D eigenvalue weighted by atomic mass is 9.86. The molecule has 5 heterocycles. The maximum absolute atomic E-state index is 13.0. The Hall–Kier alpha value is -3.53. The number of aliphatic hydroxyl groups is 1. The molecule has 3 aromatic rings. The summed E-state index contributed by atoms with van der Waals surface area (Å²) >= 11 is 0. The molecule has 2 aliphatic heterocycles. The van der Waals surface area contributed by atoms with Gasteiger partial charge in [-0.2, -0.15) is 4.98 Å². The third-order valence-electron chi connectivity index (χ3n) is 5.41. The normalized spacial score (nSPS) is 19.9. The van der Waals surface area contributed by atoms with Crippen LogP contribution in [0.15, 0.2) is 21.7 Å². The van der Waals surface area contributed by atoms with Crippen molar-refractivity contribution in [3.05, 3.63) is 49.5 Å². The van der Waals surface area contributed by atoms with Crippen molar-refractivity contribution in [2.75, 3.05) is 5.73 Å². The Bertz CT molecular complexity index is 1320. The second-order valence-electron chi connectivity index (χ2n) is 6.92. The topological polar surface area (TPSA) is 153 Å². The summed E-state index contributed by atoms with van der Waals surface area (Å²) in [6.45, 7) is 1.65. The first-order valence-electron chi connectivity index (χ1n) is 8.70. The van der Waals surface area contributed by atoms with Crippen molar-refractivity contribution >= 4 is 23.0 Å². The summed E-state index contributed by atoms with van der Waals surface area (Å²) in [4.78, 5) is 48.2. The molecule has 0 fully saturated rings. The number of hydrogen-bond acceptors (Lipinski definition) is 8. The largest absolute Gasteiger partial charge is 0.458 e. The van der Waals surface area contributed by atoms with Gasteiger partial charge in [-0.05, 0) is 18.6 Å². The van der Waals surface area contributed by atoms with E-state index < -0.39 is 17.1 Å². The fraction of sp³-hybridized carbons (Fsp3) is 0.278. The van der Waals surface area contributed by atoms with E-state index >= 15 is 0 Å². The number of aromatic amines is 1. The van der Waals surface area contributed by atoms with Crippen molar-refractivity contribution in [1.82, 2.24) is 19.5 Å². The predicted octanol–water partition coefficient (Wildman–Crippen LogP) is -0.255. The quantitative estimate of drug-likeness (QED) is 0.381. The van der Waals surface area contributed by atoms with Crippen LogP contribution in [0.1, 0.15) is 30.0 Å². The molecule has 4 N–H and O–H groups in total. The van der Waals surface area contributed by atoms with E-state index in [2.05, 4.69) is 15.0 Å². The SMILES string of the molecule is CCC1(O)C(=O)OCc2c1cc1n(c2=O)Cc2cc3c(=O)[nH]c(N)nc3nc2-1. The molecular formula is C18H15N5O5. The van der Waals surface area contributed by atoms with Crippen LogP contribution in [0.2, 0.25) is 0 Å². The number of esters is 1. The third-order valence-corrected chi connectivity index (χ3v) is 5.41. The average Bonchev–Trinajstić information content (AvgIpc) is 3.02. The number of ether oxygens (including phenoxy) is 1. The molecule has 0 saturated heterocycles. The predicted molar refractivity (Wildman–Crippen MR) is 97.4 cm³/mol. The average molecular weight is 381 g/mol. The number of nitrogen functional groups attached to an aromatic ring is 1. The van der Waals surface area contributed by atoms with Crippen molar-refractivity contribution in [2.24, 2.45) is 0 Å². The standard InChI is InChI=1S/C18H15N5O5/c1-2-18(27)10-4-11-12-7(3-8-13(20-12)21-17(19)22-14(8)24)5-23(11)15(25)9(10)6-28-16(18)26/h3-4,27H,2,5-6H2,1H3,(H3,19,20,21,22,24). The van der Waals surface area contributed by atoms with E-state index in [4.69, 9.17) is 10.5 Å². The molecule has 28 heavy (non-hydrogen) atoms. The molecular weight excluding hydrogens is 366 g/mol. The van der Waals surface area contributed by atoms with Gasteiger partial charge >= 0.3 is 5.97 Å². The monoisotopic (exact) mass is 381 g/mol. The van der Waals surface area contributed by atoms with Gasteiger partial charge in [-0.25, -0.2) is 9.78 Å². The Kier molecular flexibility index (Phi) is 3.12. The molecule has 5 rings (SSSR count). The van der Waals surface area contributed by atoms with Crippen molar-refractivity contribution < 1.29 is 14.6 Å². The zero-order valence-corrected chi connectivity index (χ0v) is 14.8. The summed E-state index contributed by atoms with van der Waals surface area (Å²) in [6, 6.07) is 3.23. The summed E-state index contributed by atoms with van der Waals surface area (Å²) in [7, 11) is 0. The van der Waals surface area contributed by atoms with Crippen LogP contribution in [-0.4, -0.2) is 30.6 Å². The molecule has 0 spiro atoms. The van der Waals surface area contributed by atoms with Gasteiger partial charge in [-0.15, -0.1) is 0 Å². The van der Waals surface area contributed by atoms with Crippen LogP contribution < -0.4 is 16.9 Å². The number of anilines is 1. The number of hydrogen-bond donors (Lipinski definition) is 3.